The number of carbonyl (C=O) groups is 5. The van der Waals surface area contributed by atoms with Crippen molar-refractivity contribution in [2.24, 2.45) is 5.73 Å². The molecule has 0 aliphatic rings. The maximum atomic E-state index is 13.0. The summed E-state index contributed by atoms with van der Waals surface area (Å²) in [6.07, 6.45) is -8.12. The number of carboxylic acids is 1. The molecule has 0 bridgehead atoms. The Morgan fingerprint density at radius 3 is 1.88 bits per heavy atom. The highest BCUT2D eigenvalue weighted by molar-refractivity contribution is 5.89. The van der Waals surface area contributed by atoms with Crippen LogP contribution < -0.4 is 21.7 Å². The molecule has 0 aliphatic heterocycles. The van der Waals surface area contributed by atoms with Gasteiger partial charge >= 0.3 is 18.0 Å². The number of aliphatic hydroxyl groups is 4. The number of ether oxygens (including phenoxy) is 2. The standard InChI is InChI=1S/C24H44N4O12/c1-24(2,3)40-23(38)28-13(19(33)27-14(22(37)39-4)10-5-7-11-25)9-6-8-12-26-20(34)17(31)15(29)16(30)18(32)21(35)36/h13-18,29-32H,5-12,25H2,1-4H3,(H,26,34)(H,27,33)(H,28,38)(H,35,36)/t13?,14-,15-,16+,17+,18-/m0/s1. The third-order valence-electron chi connectivity index (χ3n) is 5.49. The summed E-state index contributed by atoms with van der Waals surface area (Å²) in [4.78, 5) is 60.2. The van der Waals surface area contributed by atoms with Gasteiger partial charge in [-0.05, 0) is 65.8 Å². The molecular formula is C24H44N4O12. The van der Waals surface area contributed by atoms with Gasteiger partial charge in [0.1, 0.15) is 29.9 Å². The van der Waals surface area contributed by atoms with Gasteiger partial charge in [0.2, 0.25) is 5.91 Å². The molecule has 16 nitrogen and oxygen atoms in total. The first kappa shape index (κ1) is 36.9. The van der Waals surface area contributed by atoms with E-state index in [1.165, 1.54) is 7.11 Å². The lowest BCUT2D eigenvalue weighted by atomic mass is 10.0. The molecule has 0 heterocycles. The maximum absolute atomic E-state index is 13.0. The van der Waals surface area contributed by atoms with Crippen molar-refractivity contribution in [1.29, 1.82) is 0 Å². The first-order valence-electron chi connectivity index (χ1n) is 12.9. The SMILES string of the molecule is COC(=O)[C@H](CCCCN)NC(=O)C(CCCCNC(=O)[C@H](O)[C@@H](O)[C@@H](O)[C@H](O)C(=O)O)NC(=O)OC(C)(C)C. The van der Waals surface area contributed by atoms with Gasteiger partial charge in [-0.25, -0.2) is 14.4 Å². The van der Waals surface area contributed by atoms with E-state index in [1.54, 1.807) is 20.8 Å². The first-order chi connectivity index (χ1) is 18.5. The number of esters is 1. The molecule has 0 aromatic heterocycles. The number of alkyl carbamates (subject to hydrolysis) is 1. The van der Waals surface area contributed by atoms with Crippen molar-refractivity contribution in [1.82, 2.24) is 16.0 Å². The Kier molecular flexibility index (Phi) is 16.9. The number of rotatable bonds is 18. The second-order valence-corrected chi connectivity index (χ2v) is 10.1. The van der Waals surface area contributed by atoms with Crippen molar-refractivity contribution in [2.75, 3.05) is 20.2 Å². The van der Waals surface area contributed by atoms with E-state index in [1.807, 2.05) is 0 Å². The molecule has 0 saturated carbocycles. The summed E-state index contributed by atoms with van der Waals surface area (Å²) in [5.41, 5.74) is 4.64. The number of methoxy groups -OCH3 is 1. The summed E-state index contributed by atoms with van der Waals surface area (Å²) >= 11 is 0. The fourth-order valence-electron chi connectivity index (χ4n) is 3.34. The molecule has 0 fully saturated rings. The Balaban J connectivity index is 5.12. The number of amides is 3. The number of aliphatic hydroxyl groups excluding tert-OH is 4. The van der Waals surface area contributed by atoms with Crippen molar-refractivity contribution < 1.29 is 59.0 Å². The lowest BCUT2D eigenvalue weighted by Gasteiger charge is -2.25. The summed E-state index contributed by atoms with van der Waals surface area (Å²) in [6, 6.07) is -2.08. The molecule has 1 unspecified atom stereocenters. The largest absolute Gasteiger partial charge is 0.479 e. The van der Waals surface area contributed by atoms with Gasteiger partial charge in [-0.15, -0.1) is 0 Å². The summed E-state index contributed by atoms with van der Waals surface area (Å²) in [5.74, 6) is -4.32. The fourth-order valence-corrected chi connectivity index (χ4v) is 3.34. The minimum atomic E-state index is -2.42. The van der Waals surface area contributed by atoms with Gasteiger partial charge in [0.05, 0.1) is 7.11 Å². The Morgan fingerprint density at radius 1 is 0.800 bits per heavy atom. The van der Waals surface area contributed by atoms with E-state index < -0.39 is 71.9 Å². The molecule has 0 spiro atoms. The van der Waals surface area contributed by atoms with Crippen molar-refractivity contribution in [2.45, 2.75) is 101 Å². The van der Waals surface area contributed by atoms with Crippen LogP contribution in [-0.4, -0.2) is 118 Å². The Labute approximate surface area is 232 Å². The lowest BCUT2D eigenvalue weighted by Crippen LogP contribution is -2.53. The van der Waals surface area contributed by atoms with E-state index in [4.69, 9.17) is 20.3 Å². The first-order valence-corrected chi connectivity index (χ1v) is 12.9. The monoisotopic (exact) mass is 580 g/mol. The second-order valence-electron chi connectivity index (χ2n) is 10.1. The second kappa shape index (κ2) is 18.3. The van der Waals surface area contributed by atoms with Crippen molar-refractivity contribution in [3.8, 4) is 0 Å². The van der Waals surface area contributed by atoms with E-state index in [9.17, 15) is 44.4 Å². The van der Waals surface area contributed by atoms with Crippen molar-refractivity contribution >= 4 is 29.8 Å². The highest BCUT2D eigenvalue weighted by atomic mass is 16.6. The number of nitrogens with one attached hydrogen (secondary N) is 3. The van der Waals surface area contributed by atoms with Crippen LogP contribution in [0.4, 0.5) is 4.79 Å². The van der Waals surface area contributed by atoms with E-state index in [2.05, 4.69) is 16.0 Å². The summed E-state index contributed by atoms with van der Waals surface area (Å²) < 4.78 is 9.96. The molecule has 0 aliphatic carbocycles. The molecule has 0 aromatic carbocycles. The van der Waals surface area contributed by atoms with Gasteiger partial charge in [0.15, 0.2) is 12.2 Å². The maximum Gasteiger partial charge on any atom is 0.408 e. The van der Waals surface area contributed by atoms with Crippen molar-refractivity contribution in [3.05, 3.63) is 0 Å². The van der Waals surface area contributed by atoms with Gasteiger partial charge in [-0.2, -0.15) is 0 Å². The number of carboxylic acid groups (broad SMARTS) is 1. The van der Waals surface area contributed by atoms with Gasteiger partial charge in [0, 0.05) is 6.54 Å². The number of hydrogen-bond acceptors (Lipinski definition) is 12. The van der Waals surface area contributed by atoms with E-state index in [0.29, 0.717) is 19.4 Å². The predicted octanol–water partition coefficient (Wildman–Crippen LogP) is -2.52. The highest BCUT2D eigenvalue weighted by Gasteiger charge is 2.37. The predicted molar refractivity (Wildman–Crippen MR) is 139 cm³/mol. The molecule has 0 saturated heterocycles. The molecule has 0 rings (SSSR count). The Morgan fingerprint density at radius 2 is 1.35 bits per heavy atom. The van der Waals surface area contributed by atoms with Crippen LogP contribution in [0.5, 0.6) is 0 Å². The number of hydrogen-bond donors (Lipinski definition) is 9. The molecule has 10 N–H and O–H groups in total. The van der Waals surface area contributed by atoms with Crippen LogP contribution >= 0.6 is 0 Å². The minimum Gasteiger partial charge on any atom is -0.479 e. The average molecular weight is 581 g/mol. The smallest absolute Gasteiger partial charge is 0.408 e. The Bertz CT molecular complexity index is 835. The van der Waals surface area contributed by atoms with Crippen LogP contribution in [0.2, 0.25) is 0 Å². The van der Waals surface area contributed by atoms with Crippen LogP contribution in [0.1, 0.15) is 59.3 Å². The molecule has 40 heavy (non-hydrogen) atoms. The summed E-state index contributed by atoms with van der Waals surface area (Å²) in [6.45, 7) is 5.26. The average Bonchev–Trinajstić information content (AvgIpc) is 2.87. The van der Waals surface area contributed by atoms with E-state index in [-0.39, 0.29) is 32.2 Å². The van der Waals surface area contributed by atoms with Gasteiger partial charge in [-0.1, -0.05) is 0 Å². The van der Waals surface area contributed by atoms with Gasteiger partial charge in [0.25, 0.3) is 5.91 Å². The molecule has 0 radical (unpaired) electrons. The topological polar surface area (TPSA) is 267 Å². The fraction of sp³-hybridized carbons (Fsp3) is 0.792. The van der Waals surface area contributed by atoms with Crippen LogP contribution in [0.15, 0.2) is 0 Å². The quantitative estimate of drug-likeness (QED) is 0.0599. The zero-order valence-corrected chi connectivity index (χ0v) is 23.3. The van der Waals surface area contributed by atoms with Gasteiger partial charge in [-0.3, -0.25) is 9.59 Å². The zero-order chi connectivity index (χ0) is 31.0. The minimum absolute atomic E-state index is 0.0618. The number of nitrogens with two attached hydrogens (primary N) is 1. The molecule has 16 heteroatoms. The van der Waals surface area contributed by atoms with Crippen LogP contribution in [-0.2, 0) is 28.7 Å². The molecular weight excluding hydrogens is 536 g/mol. The normalized spacial score (nSPS) is 15.9. The zero-order valence-electron chi connectivity index (χ0n) is 23.3. The number of carbonyl (C=O) groups excluding carboxylic acids is 4. The molecule has 3 amide bonds. The van der Waals surface area contributed by atoms with E-state index in [0.717, 1.165) is 0 Å². The Hall–Kier alpha value is -3.05. The molecule has 0 aromatic rings. The van der Waals surface area contributed by atoms with Crippen molar-refractivity contribution in [3.63, 3.8) is 0 Å². The van der Waals surface area contributed by atoms with Crippen LogP contribution in [0.3, 0.4) is 0 Å². The number of aliphatic carboxylic acids is 1. The van der Waals surface area contributed by atoms with Crippen LogP contribution in [0.25, 0.3) is 0 Å². The molecule has 6 atom stereocenters. The summed E-state index contributed by atoms with van der Waals surface area (Å²) in [5, 5.41) is 54.4. The third-order valence-corrected chi connectivity index (χ3v) is 5.49. The van der Waals surface area contributed by atoms with Gasteiger partial charge < -0.3 is 56.7 Å². The highest BCUT2D eigenvalue weighted by Crippen LogP contribution is 2.10. The summed E-state index contributed by atoms with van der Waals surface area (Å²) in [7, 11) is 1.18. The molecule has 232 valence electrons. The number of unbranched alkanes of at least 4 members (excludes halogenated alkanes) is 2. The lowest BCUT2D eigenvalue weighted by molar-refractivity contribution is -0.166. The van der Waals surface area contributed by atoms with E-state index >= 15 is 0 Å². The third kappa shape index (κ3) is 14.4. The van der Waals surface area contributed by atoms with Crippen LogP contribution in [0, 0.1) is 0 Å².